The summed E-state index contributed by atoms with van der Waals surface area (Å²) in [5, 5.41) is 4.94. The van der Waals surface area contributed by atoms with Gasteiger partial charge in [0.05, 0.1) is 35.6 Å². The second-order valence-corrected chi connectivity index (χ2v) is 9.85. The van der Waals surface area contributed by atoms with Crippen LogP contribution in [0.2, 0.25) is 5.15 Å². The third-order valence-electron chi connectivity index (χ3n) is 5.39. The van der Waals surface area contributed by atoms with Gasteiger partial charge in [0.15, 0.2) is 0 Å². The molecule has 0 unspecified atom stereocenters. The lowest BCUT2D eigenvalue weighted by Crippen LogP contribution is -2.30. The number of aromatic nitrogens is 2. The highest BCUT2D eigenvalue weighted by atomic mass is 35.5. The number of methoxy groups -OCH3 is 1. The van der Waals surface area contributed by atoms with Crippen molar-refractivity contribution in [2.75, 3.05) is 11.4 Å². The molecule has 4 rings (SSSR count). The summed E-state index contributed by atoms with van der Waals surface area (Å²) in [6, 6.07) is 23.2. The first-order valence-electron chi connectivity index (χ1n) is 10.3. The minimum Gasteiger partial charge on any atom is -0.497 e. The van der Waals surface area contributed by atoms with Crippen molar-refractivity contribution in [3.8, 4) is 11.4 Å². The molecule has 1 heterocycles. The van der Waals surface area contributed by atoms with Crippen molar-refractivity contribution in [2.45, 2.75) is 25.3 Å². The van der Waals surface area contributed by atoms with Crippen LogP contribution in [0.3, 0.4) is 0 Å². The monoisotopic (exact) mass is 481 g/mol. The summed E-state index contributed by atoms with van der Waals surface area (Å²) in [7, 11) is -2.31. The van der Waals surface area contributed by atoms with E-state index in [-0.39, 0.29) is 11.4 Å². The van der Waals surface area contributed by atoms with E-state index in [1.165, 1.54) is 4.31 Å². The molecular formula is C25H24ClN3O3S. The molecule has 0 radical (unpaired) electrons. The maximum absolute atomic E-state index is 13.7. The van der Waals surface area contributed by atoms with Crippen molar-refractivity contribution in [2.24, 2.45) is 0 Å². The zero-order chi connectivity index (χ0) is 23.6. The largest absolute Gasteiger partial charge is 0.497 e. The lowest BCUT2D eigenvalue weighted by molar-refractivity contribution is 0.415. The van der Waals surface area contributed by atoms with Gasteiger partial charge in [-0.15, -0.1) is 0 Å². The Morgan fingerprint density at radius 3 is 2.18 bits per heavy atom. The van der Waals surface area contributed by atoms with Crippen LogP contribution >= 0.6 is 11.6 Å². The molecule has 4 aromatic rings. The highest BCUT2D eigenvalue weighted by Crippen LogP contribution is 2.31. The molecule has 0 aliphatic heterocycles. The molecule has 33 heavy (non-hydrogen) atoms. The molecule has 3 aromatic carbocycles. The molecule has 0 saturated carbocycles. The van der Waals surface area contributed by atoms with Gasteiger partial charge in [-0.1, -0.05) is 47.5 Å². The molecule has 0 saturated heterocycles. The summed E-state index contributed by atoms with van der Waals surface area (Å²) in [6.45, 7) is 3.77. The van der Waals surface area contributed by atoms with E-state index in [9.17, 15) is 8.42 Å². The molecule has 0 aliphatic rings. The first-order chi connectivity index (χ1) is 15.8. The number of anilines is 1. The van der Waals surface area contributed by atoms with Crippen LogP contribution in [0.1, 0.15) is 16.8 Å². The van der Waals surface area contributed by atoms with Gasteiger partial charge in [-0.25, -0.2) is 13.1 Å². The zero-order valence-electron chi connectivity index (χ0n) is 18.6. The predicted octanol–water partition coefficient (Wildman–Crippen LogP) is 5.55. The minimum atomic E-state index is -3.88. The van der Waals surface area contributed by atoms with Gasteiger partial charge in [0.2, 0.25) is 0 Å². The van der Waals surface area contributed by atoms with Crippen molar-refractivity contribution in [1.82, 2.24) is 9.78 Å². The molecule has 1 aromatic heterocycles. The van der Waals surface area contributed by atoms with Gasteiger partial charge < -0.3 is 4.74 Å². The second kappa shape index (κ2) is 9.29. The number of rotatable bonds is 7. The summed E-state index contributed by atoms with van der Waals surface area (Å²) in [4.78, 5) is 0.202. The first kappa shape index (κ1) is 22.9. The van der Waals surface area contributed by atoms with E-state index < -0.39 is 10.0 Å². The molecule has 170 valence electrons. The molecule has 0 fully saturated rings. The van der Waals surface area contributed by atoms with E-state index >= 15 is 0 Å². The van der Waals surface area contributed by atoms with Crippen LogP contribution in [0.5, 0.6) is 5.75 Å². The third-order valence-corrected chi connectivity index (χ3v) is 7.57. The van der Waals surface area contributed by atoms with Crippen LogP contribution in [0.4, 0.5) is 5.69 Å². The van der Waals surface area contributed by atoms with Gasteiger partial charge in [0.1, 0.15) is 10.9 Å². The molecule has 0 aliphatic carbocycles. The first-order valence-corrected chi connectivity index (χ1v) is 12.2. The molecule has 0 bridgehead atoms. The van der Waals surface area contributed by atoms with Crippen molar-refractivity contribution < 1.29 is 13.2 Å². The topological polar surface area (TPSA) is 64.4 Å². The van der Waals surface area contributed by atoms with Crippen molar-refractivity contribution in [3.63, 3.8) is 0 Å². The standard InChI is InChI=1S/C25H24ClN3O3S/c1-18-9-15-23(16-10-18)33(30,31)28(20-11-13-22(32-3)14-12-20)17-24-19(2)27-29(25(24)26)21-7-5-4-6-8-21/h4-16H,17H2,1-3H3. The molecule has 6 nitrogen and oxygen atoms in total. The fraction of sp³-hybridized carbons (Fsp3) is 0.160. The highest BCUT2D eigenvalue weighted by molar-refractivity contribution is 7.92. The molecule has 0 atom stereocenters. The Morgan fingerprint density at radius 2 is 1.58 bits per heavy atom. The van der Waals surface area contributed by atoms with Crippen LogP contribution in [-0.2, 0) is 16.6 Å². The van der Waals surface area contributed by atoms with E-state index in [0.29, 0.717) is 27.8 Å². The summed E-state index contributed by atoms with van der Waals surface area (Å²) >= 11 is 6.72. The predicted molar refractivity (Wildman–Crippen MR) is 131 cm³/mol. The Hall–Kier alpha value is -3.29. The summed E-state index contributed by atoms with van der Waals surface area (Å²) in [5.74, 6) is 0.637. The van der Waals surface area contributed by atoms with Crippen LogP contribution in [-0.4, -0.2) is 25.3 Å². The number of ether oxygens (including phenoxy) is 1. The number of hydrogen-bond acceptors (Lipinski definition) is 4. The van der Waals surface area contributed by atoms with Gasteiger partial charge in [-0.2, -0.15) is 5.10 Å². The molecule has 0 N–H and O–H groups in total. The van der Waals surface area contributed by atoms with Gasteiger partial charge in [-0.05, 0) is 62.4 Å². The van der Waals surface area contributed by atoms with Crippen LogP contribution in [0.25, 0.3) is 5.69 Å². The third kappa shape index (κ3) is 4.60. The van der Waals surface area contributed by atoms with Crippen LogP contribution < -0.4 is 9.04 Å². The zero-order valence-corrected chi connectivity index (χ0v) is 20.1. The summed E-state index contributed by atoms with van der Waals surface area (Å²) in [6.07, 6.45) is 0. The number of nitrogens with zero attached hydrogens (tertiary/aromatic N) is 3. The maximum atomic E-state index is 13.7. The van der Waals surface area contributed by atoms with Crippen molar-refractivity contribution in [1.29, 1.82) is 0 Å². The van der Waals surface area contributed by atoms with E-state index in [2.05, 4.69) is 5.10 Å². The number of aryl methyl sites for hydroxylation is 2. The average molecular weight is 482 g/mol. The van der Waals surface area contributed by atoms with Crippen LogP contribution in [0.15, 0.2) is 83.8 Å². The summed E-state index contributed by atoms with van der Waals surface area (Å²) < 4.78 is 35.7. The van der Waals surface area contributed by atoms with Crippen molar-refractivity contribution >= 4 is 27.3 Å². The maximum Gasteiger partial charge on any atom is 0.264 e. The van der Waals surface area contributed by atoms with E-state index in [1.807, 2.05) is 44.2 Å². The highest BCUT2D eigenvalue weighted by Gasteiger charge is 2.28. The van der Waals surface area contributed by atoms with Gasteiger partial charge in [-0.3, -0.25) is 4.31 Å². The second-order valence-electron chi connectivity index (χ2n) is 7.62. The van der Waals surface area contributed by atoms with E-state index in [0.717, 1.165) is 11.3 Å². The number of sulfonamides is 1. The lowest BCUT2D eigenvalue weighted by Gasteiger charge is -2.25. The Morgan fingerprint density at radius 1 is 0.939 bits per heavy atom. The molecule has 0 spiro atoms. The quantitative estimate of drug-likeness (QED) is 0.347. The van der Waals surface area contributed by atoms with Gasteiger partial charge >= 0.3 is 0 Å². The molecule has 0 amide bonds. The Kier molecular flexibility index (Phi) is 6.44. The Labute approximate surface area is 199 Å². The number of para-hydroxylation sites is 1. The molecular weight excluding hydrogens is 458 g/mol. The fourth-order valence-corrected chi connectivity index (χ4v) is 5.26. The fourth-order valence-electron chi connectivity index (χ4n) is 3.50. The van der Waals surface area contributed by atoms with Crippen molar-refractivity contribution in [3.05, 3.63) is 101 Å². The smallest absolute Gasteiger partial charge is 0.264 e. The van der Waals surface area contributed by atoms with Gasteiger partial charge in [0.25, 0.3) is 10.0 Å². The Bertz CT molecular complexity index is 1350. The van der Waals surface area contributed by atoms with Gasteiger partial charge in [0, 0.05) is 5.56 Å². The number of benzene rings is 3. The average Bonchev–Trinajstić information content (AvgIpc) is 3.11. The van der Waals surface area contributed by atoms with E-state index in [4.69, 9.17) is 16.3 Å². The summed E-state index contributed by atoms with van der Waals surface area (Å²) in [5.41, 5.74) is 3.56. The van der Waals surface area contributed by atoms with E-state index in [1.54, 1.807) is 60.3 Å². The molecule has 8 heteroatoms. The van der Waals surface area contributed by atoms with Crippen LogP contribution in [0, 0.1) is 13.8 Å². The normalized spacial score (nSPS) is 11.4. The number of hydrogen-bond donors (Lipinski definition) is 0. The Balaban J connectivity index is 1.81. The lowest BCUT2D eigenvalue weighted by atomic mass is 10.2. The number of halogens is 1. The SMILES string of the molecule is COc1ccc(N(Cc2c(C)nn(-c3ccccc3)c2Cl)S(=O)(=O)c2ccc(C)cc2)cc1. The minimum absolute atomic E-state index is 0.0278.